The van der Waals surface area contributed by atoms with Gasteiger partial charge in [-0.2, -0.15) is 13.5 Å². The zero-order valence-electron chi connectivity index (χ0n) is 22.3. The van der Waals surface area contributed by atoms with Gasteiger partial charge in [0.1, 0.15) is 18.1 Å². The lowest BCUT2D eigenvalue weighted by Gasteiger charge is -2.19. The normalized spacial score (nSPS) is 16.7. The number of hydrogen-bond donors (Lipinski definition) is 2. The molecule has 6 rings (SSSR count). The standard InChI is InChI=1S/C30H32N4O5S/c1-21-7-9-28(39-40(35,36)24-8-10-29-30(18-24)38-16-15-37-29)25(17-21)26-19-27(22-5-3-2-4-6-22)34(33-26)14-13-32-23-11-12-31-20-23/h2-10,17-19,23,31-32H,11-16,20H2,1H3/t23-/m1/s1. The third-order valence-electron chi connectivity index (χ3n) is 7.08. The van der Waals surface area contributed by atoms with Crippen molar-refractivity contribution in [1.82, 2.24) is 20.4 Å². The average molecular weight is 561 g/mol. The molecule has 0 radical (unpaired) electrons. The summed E-state index contributed by atoms with van der Waals surface area (Å²) >= 11 is 0. The predicted octanol–water partition coefficient (Wildman–Crippen LogP) is 4.02. The molecule has 0 spiro atoms. The average Bonchev–Trinajstić information content (AvgIpc) is 3.65. The summed E-state index contributed by atoms with van der Waals surface area (Å²) in [6.07, 6.45) is 1.11. The van der Waals surface area contributed by atoms with Gasteiger partial charge in [0, 0.05) is 30.8 Å². The monoisotopic (exact) mass is 560 g/mol. The lowest BCUT2D eigenvalue weighted by molar-refractivity contribution is 0.171. The van der Waals surface area contributed by atoms with E-state index in [1.54, 1.807) is 12.1 Å². The molecule has 1 aromatic heterocycles. The Morgan fingerprint density at radius 3 is 2.65 bits per heavy atom. The Kier molecular flexibility index (Phi) is 7.46. The van der Waals surface area contributed by atoms with Gasteiger partial charge in [0.2, 0.25) is 0 Å². The maximum Gasteiger partial charge on any atom is 0.339 e. The smallest absolute Gasteiger partial charge is 0.339 e. The van der Waals surface area contributed by atoms with Crippen LogP contribution in [0.2, 0.25) is 0 Å². The molecule has 4 aromatic rings. The highest BCUT2D eigenvalue weighted by Crippen LogP contribution is 2.37. The number of hydrogen-bond acceptors (Lipinski definition) is 8. The van der Waals surface area contributed by atoms with Crippen molar-refractivity contribution in [2.75, 3.05) is 32.8 Å². The van der Waals surface area contributed by atoms with E-state index in [9.17, 15) is 8.42 Å². The Hall–Kier alpha value is -3.86. The number of benzene rings is 3. The van der Waals surface area contributed by atoms with E-state index in [1.807, 2.05) is 60.1 Å². The van der Waals surface area contributed by atoms with Gasteiger partial charge in [0.15, 0.2) is 17.2 Å². The number of nitrogens with one attached hydrogen (secondary N) is 2. The Bertz CT molecular complexity index is 1600. The minimum atomic E-state index is -4.16. The molecule has 0 bridgehead atoms. The van der Waals surface area contributed by atoms with Gasteiger partial charge in [-0.25, -0.2) is 0 Å². The second-order valence-electron chi connectivity index (χ2n) is 9.99. The van der Waals surface area contributed by atoms with Crippen molar-refractivity contribution in [3.05, 3.63) is 78.4 Å². The second kappa shape index (κ2) is 11.3. The molecule has 3 heterocycles. The Balaban J connectivity index is 1.32. The van der Waals surface area contributed by atoms with Crippen LogP contribution < -0.4 is 24.3 Å². The lowest BCUT2D eigenvalue weighted by Crippen LogP contribution is -2.33. The minimum absolute atomic E-state index is 0.00810. The fourth-order valence-corrected chi connectivity index (χ4v) is 5.99. The third-order valence-corrected chi connectivity index (χ3v) is 8.31. The highest BCUT2D eigenvalue weighted by Gasteiger charge is 2.24. The Morgan fingerprint density at radius 1 is 1.02 bits per heavy atom. The molecule has 0 aliphatic carbocycles. The van der Waals surface area contributed by atoms with E-state index in [4.69, 9.17) is 18.8 Å². The molecule has 0 unspecified atom stereocenters. The van der Waals surface area contributed by atoms with Gasteiger partial charge >= 0.3 is 10.1 Å². The summed E-state index contributed by atoms with van der Waals surface area (Å²) in [4.78, 5) is -0.00810. The topological polar surface area (TPSA) is 104 Å². The maximum atomic E-state index is 13.4. The largest absolute Gasteiger partial charge is 0.486 e. The van der Waals surface area contributed by atoms with Crippen molar-refractivity contribution in [3.63, 3.8) is 0 Å². The molecule has 208 valence electrons. The second-order valence-corrected chi connectivity index (χ2v) is 11.5. The molecule has 9 nitrogen and oxygen atoms in total. The molecule has 1 saturated heterocycles. The molecule has 2 aliphatic rings. The number of rotatable bonds is 9. The number of aryl methyl sites for hydroxylation is 1. The van der Waals surface area contributed by atoms with Crippen LogP contribution in [0.4, 0.5) is 0 Å². The van der Waals surface area contributed by atoms with Crippen LogP contribution in [0.3, 0.4) is 0 Å². The van der Waals surface area contributed by atoms with E-state index in [2.05, 4.69) is 10.6 Å². The van der Waals surface area contributed by atoms with Crippen LogP contribution in [0, 0.1) is 6.92 Å². The predicted molar refractivity (Wildman–Crippen MR) is 152 cm³/mol. The molecular formula is C30H32N4O5S. The zero-order valence-corrected chi connectivity index (χ0v) is 23.1. The fraction of sp³-hybridized carbons (Fsp3) is 0.300. The number of nitrogens with zero attached hydrogens (tertiary/aromatic N) is 2. The molecule has 1 fully saturated rings. The Labute approximate surface area is 234 Å². The highest BCUT2D eigenvalue weighted by molar-refractivity contribution is 7.87. The lowest BCUT2D eigenvalue weighted by atomic mass is 10.1. The Morgan fingerprint density at radius 2 is 1.85 bits per heavy atom. The van der Waals surface area contributed by atoms with Gasteiger partial charge in [-0.3, -0.25) is 4.68 Å². The van der Waals surface area contributed by atoms with E-state index in [-0.39, 0.29) is 10.6 Å². The molecule has 2 N–H and O–H groups in total. The van der Waals surface area contributed by atoms with Gasteiger partial charge in [-0.05, 0) is 55.8 Å². The molecule has 10 heteroatoms. The molecule has 40 heavy (non-hydrogen) atoms. The summed E-state index contributed by atoms with van der Waals surface area (Å²) in [5.74, 6) is 1.10. The van der Waals surface area contributed by atoms with Gasteiger partial charge in [0.25, 0.3) is 0 Å². The first-order chi connectivity index (χ1) is 19.5. The highest BCUT2D eigenvalue weighted by atomic mass is 32.2. The van der Waals surface area contributed by atoms with Gasteiger partial charge in [0.05, 0.1) is 17.9 Å². The summed E-state index contributed by atoms with van der Waals surface area (Å²) in [6, 6.07) is 22.4. The van der Waals surface area contributed by atoms with Gasteiger partial charge < -0.3 is 24.3 Å². The van der Waals surface area contributed by atoms with Crippen LogP contribution in [0.15, 0.2) is 77.7 Å². The molecule has 2 aliphatic heterocycles. The fourth-order valence-electron chi connectivity index (χ4n) is 5.03. The first-order valence-corrected chi connectivity index (χ1v) is 14.9. The summed E-state index contributed by atoms with van der Waals surface area (Å²) in [5, 5.41) is 11.9. The summed E-state index contributed by atoms with van der Waals surface area (Å²) in [7, 11) is -4.16. The number of ether oxygens (including phenoxy) is 2. The number of aromatic nitrogens is 2. The zero-order chi connectivity index (χ0) is 27.5. The van der Waals surface area contributed by atoms with Crippen molar-refractivity contribution in [2.45, 2.75) is 30.8 Å². The molecule has 3 aromatic carbocycles. The van der Waals surface area contributed by atoms with Crippen LogP contribution in [-0.2, 0) is 16.7 Å². The van der Waals surface area contributed by atoms with Crippen molar-refractivity contribution in [1.29, 1.82) is 0 Å². The number of fused-ring (bicyclic) bond motifs is 1. The van der Waals surface area contributed by atoms with Crippen LogP contribution in [-0.4, -0.2) is 57.1 Å². The first-order valence-electron chi connectivity index (χ1n) is 13.5. The van der Waals surface area contributed by atoms with E-state index in [1.165, 1.54) is 12.1 Å². The molecule has 0 saturated carbocycles. The molecule has 0 amide bonds. The molecule has 1 atom stereocenters. The SMILES string of the molecule is Cc1ccc(OS(=O)(=O)c2ccc3c(c2)OCCO3)c(-c2cc(-c3ccccc3)n(CCN[C@@H]3CCNC3)n2)c1. The van der Waals surface area contributed by atoms with Crippen LogP contribution in [0.1, 0.15) is 12.0 Å². The van der Waals surface area contributed by atoms with Crippen molar-refractivity contribution >= 4 is 10.1 Å². The van der Waals surface area contributed by atoms with Crippen LogP contribution >= 0.6 is 0 Å². The minimum Gasteiger partial charge on any atom is -0.486 e. The van der Waals surface area contributed by atoms with Crippen LogP contribution in [0.25, 0.3) is 22.5 Å². The van der Waals surface area contributed by atoms with E-state index >= 15 is 0 Å². The van der Waals surface area contributed by atoms with Crippen molar-refractivity contribution in [3.8, 4) is 39.8 Å². The van der Waals surface area contributed by atoms with E-state index < -0.39 is 10.1 Å². The molecular weight excluding hydrogens is 528 g/mol. The van der Waals surface area contributed by atoms with E-state index in [0.29, 0.717) is 48.6 Å². The van der Waals surface area contributed by atoms with Crippen LogP contribution in [0.5, 0.6) is 17.2 Å². The van der Waals surface area contributed by atoms with Crippen molar-refractivity contribution in [2.24, 2.45) is 0 Å². The van der Waals surface area contributed by atoms with Gasteiger partial charge in [-0.15, -0.1) is 0 Å². The summed E-state index contributed by atoms with van der Waals surface area (Å²) < 4.78 is 45.5. The first kappa shape index (κ1) is 26.4. The summed E-state index contributed by atoms with van der Waals surface area (Å²) in [6.45, 7) is 6.17. The quantitative estimate of drug-likeness (QED) is 0.296. The maximum absolute atomic E-state index is 13.4. The van der Waals surface area contributed by atoms with Gasteiger partial charge in [-0.1, -0.05) is 42.0 Å². The third kappa shape index (κ3) is 5.70. The summed E-state index contributed by atoms with van der Waals surface area (Å²) in [5.41, 5.74) is 4.18. The van der Waals surface area contributed by atoms with Crippen molar-refractivity contribution < 1.29 is 22.1 Å². The van der Waals surface area contributed by atoms with E-state index in [0.717, 1.165) is 42.9 Å².